The first-order valence-electron chi connectivity index (χ1n) is 18.2. The topological polar surface area (TPSA) is 8.17 Å². The molecule has 0 amide bonds. The molecule has 0 aliphatic heterocycles. The maximum absolute atomic E-state index is 2.43. The van der Waals surface area contributed by atoms with Crippen LogP contribution in [0.5, 0.6) is 0 Å². The minimum absolute atomic E-state index is 1.10. The highest BCUT2D eigenvalue weighted by Crippen LogP contribution is 2.41. The van der Waals surface area contributed by atoms with Gasteiger partial charge < -0.3 is 9.47 Å². The molecule has 10 rings (SSSR count). The van der Waals surface area contributed by atoms with E-state index in [-0.39, 0.29) is 0 Å². The van der Waals surface area contributed by atoms with E-state index in [0.29, 0.717) is 0 Å². The van der Waals surface area contributed by atoms with Gasteiger partial charge in [0.1, 0.15) is 0 Å². The van der Waals surface area contributed by atoms with Crippen molar-refractivity contribution >= 4 is 55.7 Å². The predicted molar refractivity (Wildman–Crippen MR) is 221 cm³/mol. The molecule has 0 fully saturated rings. The van der Waals surface area contributed by atoms with Crippen LogP contribution in [0.4, 0.5) is 17.1 Å². The molecule has 1 aliphatic rings. The Morgan fingerprint density at radius 3 is 1.96 bits per heavy atom. The summed E-state index contributed by atoms with van der Waals surface area (Å²) in [4.78, 5) is 2.37. The van der Waals surface area contributed by atoms with Crippen LogP contribution in [0.3, 0.4) is 0 Å². The third-order valence-electron chi connectivity index (χ3n) is 10.6. The molecule has 0 saturated carbocycles. The molecule has 246 valence electrons. The molecular weight excluding hydrogens is 629 g/mol. The Kier molecular flexibility index (Phi) is 7.32. The van der Waals surface area contributed by atoms with Gasteiger partial charge in [-0.05, 0) is 124 Å². The molecule has 8 aromatic carbocycles. The Balaban J connectivity index is 1.09. The predicted octanol–water partition coefficient (Wildman–Crippen LogP) is 13.7. The lowest BCUT2D eigenvalue weighted by Gasteiger charge is -2.26. The van der Waals surface area contributed by atoms with Gasteiger partial charge in [0.15, 0.2) is 0 Å². The second kappa shape index (κ2) is 12.6. The van der Waals surface area contributed by atoms with Gasteiger partial charge >= 0.3 is 0 Å². The van der Waals surface area contributed by atoms with Crippen LogP contribution in [0, 0.1) is 0 Å². The maximum Gasteiger partial charge on any atom is 0.0547 e. The van der Waals surface area contributed by atoms with Crippen molar-refractivity contribution < 1.29 is 0 Å². The summed E-state index contributed by atoms with van der Waals surface area (Å²) in [6.45, 7) is 0. The Morgan fingerprint density at radius 1 is 0.442 bits per heavy atom. The fraction of sp³-hybridized carbons (Fsp3) is 0.0400. The van der Waals surface area contributed by atoms with E-state index in [1.807, 2.05) is 0 Å². The van der Waals surface area contributed by atoms with E-state index in [0.717, 1.165) is 35.6 Å². The number of hydrogen-bond acceptors (Lipinski definition) is 1. The summed E-state index contributed by atoms with van der Waals surface area (Å²) in [5, 5.41) is 5.16. The molecule has 0 saturated heterocycles. The fourth-order valence-electron chi connectivity index (χ4n) is 8.08. The number of aromatic nitrogens is 1. The molecule has 0 unspecified atom stereocenters. The smallest absolute Gasteiger partial charge is 0.0547 e. The van der Waals surface area contributed by atoms with Crippen molar-refractivity contribution in [3.05, 3.63) is 199 Å². The van der Waals surface area contributed by atoms with Crippen LogP contribution >= 0.6 is 0 Å². The molecule has 0 spiro atoms. The third-order valence-corrected chi connectivity index (χ3v) is 10.6. The zero-order valence-corrected chi connectivity index (χ0v) is 28.8. The average molecular weight is 665 g/mol. The molecule has 52 heavy (non-hydrogen) atoms. The van der Waals surface area contributed by atoms with E-state index < -0.39 is 0 Å². The molecule has 9 aromatic rings. The van der Waals surface area contributed by atoms with Gasteiger partial charge in [-0.15, -0.1) is 0 Å². The Labute approximate surface area is 304 Å². The summed E-state index contributed by atoms with van der Waals surface area (Å²) in [6.07, 6.45) is 6.85. The first kappa shape index (κ1) is 30.2. The number of para-hydroxylation sites is 1. The van der Waals surface area contributed by atoms with Crippen molar-refractivity contribution in [1.29, 1.82) is 0 Å². The molecule has 0 radical (unpaired) electrons. The number of nitrogens with zero attached hydrogens (tertiary/aromatic N) is 2. The van der Waals surface area contributed by atoms with Crippen molar-refractivity contribution in [3.8, 4) is 27.9 Å². The molecule has 1 aliphatic carbocycles. The monoisotopic (exact) mass is 664 g/mol. The summed E-state index contributed by atoms with van der Waals surface area (Å²) in [7, 11) is 0. The van der Waals surface area contributed by atoms with Gasteiger partial charge in [-0.1, -0.05) is 127 Å². The van der Waals surface area contributed by atoms with Gasteiger partial charge in [0, 0.05) is 33.5 Å². The van der Waals surface area contributed by atoms with Crippen LogP contribution in [0.15, 0.2) is 188 Å². The molecule has 0 N–H and O–H groups in total. The summed E-state index contributed by atoms with van der Waals surface area (Å²) in [5.41, 5.74) is 14.6. The third kappa shape index (κ3) is 5.20. The number of allylic oxidation sites excluding steroid dienone is 1. The zero-order valence-electron chi connectivity index (χ0n) is 28.8. The van der Waals surface area contributed by atoms with Gasteiger partial charge in [-0.25, -0.2) is 0 Å². The van der Waals surface area contributed by atoms with Crippen molar-refractivity contribution in [2.45, 2.75) is 12.8 Å². The number of rotatable bonds is 6. The van der Waals surface area contributed by atoms with Crippen molar-refractivity contribution in [3.63, 3.8) is 0 Å². The molecule has 2 nitrogen and oxygen atoms in total. The standard InChI is InChI=1S/C50H36N2/c1-2-11-35(12-3-1)40-16-10-17-45(34-40)51(42-26-23-37(24-27-42)41-22-21-36-13-4-5-15-39(36)33-41)43-28-30-44(31-29-43)52-48-20-9-8-19-47(48)50-46-18-7-6-14-38(46)25-32-49(50)52/h1-5,7-13,15-34H,6,14H2. The average Bonchev–Trinajstić information content (AvgIpc) is 3.57. The minimum Gasteiger partial charge on any atom is -0.310 e. The van der Waals surface area contributed by atoms with E-state index in [9.17, 15) is 0 Å². The highest BCUT2D eigenvalue weighted by molar-refractivity contribution is 6.13. The summed E-state index contributed by atoms with van der Waals surface area (Å²) < 4.78 is 2.43. The number of aryl methyl sites for hydroxylation is 1. The van der Waals surface area contributed by atoms with Crippen molar-refractivity contribution in [2.75, 3.05) is 4.90 Å². The second-order valence-corrected chi connectivity index (χ2v) is 13.7. The Morgan fingerprint density at radius 2 is 1.12 bits per heavy atom. The second-order valence-electron chi connectivity index (χ2n) is 13.7. The van der Waals surface area contributed by atoms with E-state index >= 15 is 0 Å². The summed E-state index contributed by atoms with van der Waals surface area (Å²) >= 11 is 0. The maximum atomic E-state index is 2.43. The Hall–Kier alpha value is -6.64. The molecular formula is C50H36N2. The molecule has 0 atom stereocenters. The van der Waals surface area contributed by atoms with Crippen LogP contribution < -0.4 is 4.90 Å². The number of benzene rings is 8. The lowest BCUT2D eigenvalue weighted by Crippen LogP contribution is -2.10. The molecule has 1 aromatic heterocycles. The lowest BCUT2D eigenvalue weighted by molar-refractivity contribution is 0.989. The van der Waals surface area contributed by atoms with E-state index in [1.165, 1.54) is 66.0 Å². The number of anilines is 3. The fourth-order valence-corrected chi connectivity index (χ4v) is 8.08. The highest BCUT2D eigenvalue weighted by atomic mass is 15.1. The van der Waals surface area contributed by atoms with Crippen LogP contribution in [0.1, 0.15) is 17.5 Å². The summed E-state index contributed by atoms with van der Waals surface area (Å²) in [5.74, 6) is 0. The van der Waals surface area contributed by atoms with Gasteiger partial charge in [0.05, 0.1) is 11.0 Å². The normalized spacial score (nSPS) is 12.4. The van der Waals surface area contributed by atoms with E-state index in [2.05, 4.69) is 204 Å². The van der Waals surface area contributed by atoms with Gasteiger partial charge in [-0.2, -0.15) is 0 Å². The van der Waals surface area contributed by atoms with Crippen LogP contribution in [0.2, 0.25) is 0 Å². The van der Waals surface area contributed by atoms with E-state index in [4.69, 9.17) is 0 Å². The lowest BCUT2D eigenvalue weighted by atomic mass is 9.93. The van der Waals surface area contributed by atoms with Crippen molar-refractivity contribution in [1.82, 2.24) is 4.57 Å². The van der Waals surface area contributed by atoms with Crippen molar-refractivity contribution in [2.24, 2.45) is 0 Å². The Bertz CT molecular complexity index is 2770. The highest BCUT2D eigenvalue weighted by Gasteiger charge is 2.19. The van der Waals surface area contributed by atoms with Gasteiger partial charge in [0.25, 0.3) is 0 Å². The molecule has 1 heterocycles. The van der Waals surface area contributed by atoms with Crippen LogP contribution in [-0.2, 0) is 6.42 Å². The largest absolute Gasteiger partial charge is 0.310 e. The number of hydrogen-bond donors (Lipinski definition) is 0. The summed E-state index contributed by atoms with van der Waals surface area (Å²) in [6, 6.07) is 66.3. The first-order valence-corrected chi connectivity index (χ1v) is 18.2. The molecule has 0 bridgehead atoms. The van der Waals surface area contributed by atoms with Gasteiger partial charge in [0.2, 0.25) is 0 Å². The first-order chi connectivity index (χ1) is 25.8. The van der Waals surface area contributed by atoms with Crippen LogP contribution in [0.25, 0.3) is 66.6 Å². The zero-order chi connectivity index (χ0) is 34.4. The SMILES string of the molecule is C1=Cc2c(ccc3c2c2ccccc2n3-c2ccc(N(c3ccc(-c4ccc5ccccc5c4)cc3)c3cccc(-c4ccccc4)c3)cc2)CC1. The number of fused-ring (bicyclic) bond motifs is 6. The van der Waals surface area contributed by atoms with E-state index in [1.54, 1.807) is 0 Å². The molecule has 2 heteroatoms. The quantitative estimate of drug-likeness (QED) is 0.172. The van der Waals surface area contributed by atoms with Gasteiger partial charge in [-0.3, -0.25) is 0 Å². The minimum atomic E-state index is 1.10. The van der Waals surface area contributed by atoms with Crippen LogP contribution in [-0.4, -0.2) is 4.57 Å².